The van der Waals surface area contributed by atoms with Crippen LogP contribution in [0.25, 0.3) is 10.9 Å². The predicted octanol–water partition coefficient (Wildman–Crippen LogP) is 4.87. The minimum atomic E-state index is -0.245. The van der Waals surface area contributed by atoms with Gasteiger partial charge in [-0.1, -0.05) is 56.7 Å². The van der Waals surface area contributed by atoms with Crippen LogP contribution in [0.4, 0.5) is 0 Å². The summed E-state index contributed by atoms with van der Waals surface area (Å²) in [6.45, 7) is 0. The minimum Gasteiger partial charge on any atom is -0.361 e. The van der Waals surface area contributed by atoms with Crippen molar-refractivity contribution < 1.29 is 4.79 Å². The smallest absolute Gasteiger partial charge is 0.292 e. The zero-order chi connectivity index (χ0) is 19.9. The summed E-state index contributed by atoms with van der Waals surface area (Å²) >= 11 is 0. The Bertz CT molecular complexity index is 984. The maximum absolute atomic E-state index is 12.7. The molecule has 2 aromatic heterocycles. The largest absolute Gasteiger partial charge is 0.361 e. The third-order valence-corrected chi connectivity index (χ3v) is 5.76. The first kappa shape index (κ1) is 19.4. The van der Waals surface area contributed by atoms with Crippen LogP contribution >= 0.6 is 0 Å². The average Bonchev–Trinajstić information content (AvgIpc) is 3.32. The van der Waals surface area contributed by atoms with Gasteiger partial charge in [-0.25, -0.2) is 5.43 Å². The van der Waals surface area contributed by atoms with Gasteiger partial charge in [0.25, 0.3) is 5.91 Å². The highest BCUT2D eigenvalue weighted by molar-refractivity contribution is 6.00. The highest BCUT2D eigenvalue weighted by Crippen LogP contribution is 2.21. The Morgan fingerprint density at radius 3 is 2.55 bits per heavy atom. The Kier molecular flexibility index (Phi) is 6.39. The first-order valence-corrected chi connectivity index (χ1v) is 10.8. The number of para-hydroxylation sites is 1. The van der Waals surface area contributed by atoms with Gasteiger partial charge in [0.2, 0.25) is 0 Å². The number of H-pyrrole nitrogens is 2. The second kappa shape index (κ2) is 9.54. The molecule has 29 heavy (non-hydrogen) atoms. The van der Waals surface area contributed by atoms with Crippen molar-refractivity contribution in [3.63, 3.8) is 0 Å². The van der Waals surface area contributed by atoms with Gasteiger partial charge in [0.1, 0.15) is 0 Å². The van der Waals surface area contributed by atoms with Crippen LogP contribution in [0.2, 0.25) is 0 Å². The quantitative estimate of drug-likeness (QED) is 0.439. The fourth-order valence-corrected chi connectivity index (χ4v) is 4.14. The van der Waals surface area contributed by atoms with E-state index in [1.807, 2.05) is 30.5 Å². The minimum absolute atomic E-state index is 0.245. The van der Waals surface area contributed by atoms with E-state index in [4.69, 9.17) is 0 Å². The van der Waals surface area contributed by atoms with Crippen LogP contribution in [0, 0.1) is 0 Å². The van der Waals surface area contributed by atoms with Crippen molar-refractivity contribution in [1.82, 2.24) is 20.6 Å². The normalized spacial score (nSPS) is 16.3. The van der Waals surface area contributed by atoms with Gasteiger partial charge in [0.15, 0.2) is 5.69 Å². The summed E-state index contributed by atoms with van der Waals surface area (Å²) in [5.41, 5.74) is 7.34. The van der Waals surface area contributed by atoms with Crippen molar-refractivity contribution in [1.29, 1.82) is 0 Å². The van der Waals surface area contributed by atoms with Crippen molar-refractivity contribution in [2.75, 3.05) is 0 Å². The van der Waals surface area contributed by atoms with Gasteiger partial charge in [-0.3, -0.25) is 9.89 Å². The zero-order valence-electron chi connectivity index (χ0n) is 16.8. The lowest BCUT2D eigenvalue weighted by atomic mass is 9.98. The third-order valence-electron chi connectivity index (χ3n) is 5.76. The lowest BCUT2D eigenvalue weighted by molar-refractivity contribution is 0.0949. The second-order valence-corrected chi connectivity index (χ2v) is 7.85. The highest BCUT2D eigenvalue weighted by Gasteiger charge is 2.19. The molecule has 0 saturated heterocycles. The average molecular weight is 392 g/mol. The summed E-state index contributed by atoms with van der Waals surface area (Å²) in [5, 5.41) is 12.7. The number of amides is 1. The van der Waals surface area contributed by atoms with Crippen molar-refractivity contribution in [3.05, 3.63) is 53.0 Å². The molecule has 2 heterocycles. The van der Waals surface area contributed by atoms with Crippen LogP contribution in [0.5, 0.6) is 0 Å². The van der Waals surface area contributed by atoms with Gasteiger partial charge in [0.05, 0.1) is 6.21 Å². The summed E-state index contributed by atoms with van der Waals surface area (Å²) in [5.74, 6) is -0.245. The van der Waals surface area contributed by atoms with Crippen molar-refractivity contribution in [2.24, 2.45) is 5.10 Å². The first-order valence-electron chi connectivity index (χ1n) is 10.8. The lowest BCUT2D eigenvalue weighted by Crippen LogP contribution is -2.20. The van der Waals surface area contributed by atoms with Gasteiger partial charge < -0.3 is 4.98 Å². The number of fused-ring (bicyclic) bond motifs is 2. The number of carbonyl (C=O) groups excluding carboxylic acids is 1. The number of hydrogen-bond acceptors (Lipinski definition) is 3. The van der Waals surface area contributed by atoms with E-state index >= 15 is 0 Å². The predicted molar refractivity (Wildman–Crippen MR) is 116 cm³/mol. The molecule has 3 aromatic rings. The number of hydrazone groups is 1. The highest BCUT2D eigenvalue weighted by atomic mass is 16.2. The molecule has 1 aromatic carbocycles. The Balaban J connectivity index is 1.45. The molecule has 1 amide bonds. The molecule has 0 aliphatic heterocycles. The van der Waals surface area contributed by atoms with Gasteiger partial charge in [-0.05, 0) is 31.7 Å². The monoisotopic (exact) mass is 391 g/mol. The molecular formula is C23H29N5O. The maximum Gasteiger partial charge on any atom is 0.292 e. The number of carbonyl (C=O) groups is 1. The van der Waals surface area contributed by atoms with Crippen LogP contribution in [-0.4, -0.2) is 27.3 Å². The zero-order valence-corrected chi connectivity index (χ0v) is 16.8. The molecule has 0 spiro atoms. The summed E-state index contributed by atoms with van der Waals surface area (Å²) in [6, 6.07) is 8.02. The van der Waals surface area contributed by atoms with Gasteiger partial charge in [-0.15, -0.1) is 0 Å². The van der Waals surface area contributed by atoms with Crippen LogP contribution in [0.15, 0.2) is 35.6 Å². The van der Waals surface area contributed by atoms with Crippen LogP contribution < -0.4 is 5.43 Å². The van der Waals surface area contributed by atoms with Crippen LogP contribution in [0.3, 0.4) is 0 Å². The summed E-state index contributed by atoms with van der Waals surface area (Å²) in [6.07, 6.45) is 15.4. The number of nitrogens with one attached hydrogen (secondary N) is 3. The number of aromatic nitrogens is 3. The Labute approximate surface area is 171 Å². The molecule has 0 saturated carbocycles. The summed E-state index contributed by atoms with van der Waals surface area (Å²) in [4.78, 5) is 15.9. The molecular weight excluding hydrogens is 362 g/mol. The Hall–Kier alpha value is -2.89. The molecule has 0 atom stereocenters. The van der Waals surface area contributed by atoms with Gasteiger partial charge in [-0.2, -0.15) is 10.2 Å². The van der Waals surface area contributed by atoms with Crippen molar-refractivity contribution in [2.45, 2.75) is 64.2 Å². The molecule has 0 radical (unpaired) electrons. The third kappa shape index (κ3) is 4.75. The standard InChI is InChI=1S/C23H29N5O/c29-23(28-25-16-17-15-24-20-13-10-9-11-18(17)20)22-19-12-7-5-3-1-2-4-6-8-14-21(19)26-27-22/h9-11,13,15-16,24H,1-8,12,14H2,(H,26,27)(H,28,29)/b25-16+. The Morgan fingerprint density at radius 1 is 1.00 bits per heavy atom. The van der Waals surface area contributed by atoms with E-state index in [-0.39, 0.29) is 5.91 Å². The number of aryl methyl sites for hydroxylation is 1. The molecule has 4 rings (SSSR count). The number of hydrogen-bond donors (Lipinski definition) is 3. The van der Waals surface area contributed by atoms with Crippen molar-refractivity contribution in [3.8, 4) is 0 Å². The topological polar surface area (TPSA) is 85.9 Å². The molecule has 1 aliphatic carbocycles. The van der Waals surface area contributed by atoms with Crippen LogP contribution in [0.1, 0.15) is 78.7 Å². The van der Waals surface area contributed by atoms with E-state index in [9.17, 15) is 4.79 Å². The number of nitrogens with zero attached hydrogens (tertiary/aromatic N) is 2. The second-order valence-electron chi connectivity index (χ2n) is 7.85. The van der Waals surface area contributed by atoms with E-state index in [0.29, 0.717) is 5.69 Å². The van der Waals surface area contributed by atoms with E-state index in [2.05, 4.69) is 25.7 Å². The molecule has 1 aliphatic rings. The Morgan fingerprint density at radius 2 is 1.72 bits per heavy atom. The summed E-state index contributed by atoms with van der Waals surface area (Å²) in [7, 11) is 0. The molecule has 0 unspecified atom stereocenters. The van der Waals surface area contributed by atoms with Crippen molar-refractivity contribution >= 4 is 23.0 Å². The van der Waals surface area contributed by atoms with Gasteiger partial charge in [0, 0.05) is 33.9 Å². The van der Waals surface area contributed by atoms with Crippen LogP contribution in [-0.2, 0) is 12.8 Å². The van der Waals surface area contributed by atoms with Gasteiger partial charge >= 0.3 is 0 Å². The molecule has 152 valence electrons. The fraction of sp³-hybridized carbons (Fsp3) is 0.435. The summed E-state index contributed by atoms with van der Waals surface area (Å²) < 4.78 is 0. The van der Waals surface area contributed by atoms with E-state index in [1.54, 1.807) is 6.21 Å². The van der Waals surface area contributed by atoms with E-state index < -0.39 is 0 Å². The molecule has 6 nitrogen and oxygen atoms in total. The maximum atomic E-state index is 12.7. The first-order chi connectivity index (χ1) is 14.3. The lowest BCUT2D eigenvalue weighted by Gasteiger charge is -2.08. The molecule has 0 bridgehead atoms. The van der Waals surface area contributed by atoms with E-state index in [1.165, 1.54) is 38.5 Å². The number of aromatic amines is 2. The molecule has 0 fully saturated rings. The SMILES string of the molecule is O=C(N/N=C/c1c[nH]c2ccccc12)c1n[nH]c2c1CCCCCCCCCC2. The van der Waals surface area contributed by atoms with E-state index in [0.717, 1.165) is 53.4 Å². The molecule has 3 N–H and O–H groups in total. The fourth-order valence-electron chi connectivity index (χ4n) is 4.14. The number of benzene rings is 1. The number of rotatable bonds is 3. The molecule has 6 heteroatoms.